The lowest BCUT2D eigenvalue weighted by Crippen LogP contribution is -2.39. The summed E-state index contributed by atoms with van der Waals surface area (Å²) in [5.41, 5.74) is 0.652. The molecule has 1 aliphatic heterocycles. The van der Waals surface area contributed by atoms with E-state index in [2.05, 4.69) is 10.2 Å². The van der Waals surface area contributed by atoms with E-state index in [1.165, 1.54) is 6.42 Å². The number of hydrogen-bond donors (Lipinski definition) is 2. The lowest BCUT2D eigenvalue weighted by atomic mass is 10.1. The molecule has 0 aromatic heterocycles. The monoisotopic (exact) mass is 310 g/mol. The maximum atomic E-state index is 12.0. The first-order valence-electron chi connectivity index (χ1n) is 7.60. The Morgan fingerprint density at radius 1 is 1.33 bits per heavy atom. The molecule has 4 nitrogen and oxygen atoms in total. The molecule has 1 saturated heterocycles. The highest BCUT2D eigenvalue weighted by Gasteiger charge is 2.20. The van der Waals surface area contributed by atoms with E-state index in [1.54, 1.807) is 12.1 Å². The van der Waals surface area contributed by atoms with Crippen LogP contribution in [0.2, 0.25) is 5.02 Å². The molecule has 1 amide bonds. The average Bonchev–Trinajstić information content (AvgIpc) is 2.72. The molecule has 0 radical (unpaired) electrons. The lowest BCUT2D eigenvalue weighted by molar-refractivity contribution is -0.116. The standard InChI is InChI=1S/C16H23ClN2O2/c17-14-7-3-4-8-15(14)18-16(21)9-11-19-10-5-1-2-6-13(19)12-20/h3-4,7-8,13,20H,1-2,5-6,9-12H2,(H,18,21). The fourth-order valence-corrected chi connectivity index (χ4v) is 2.94. The van der Waals surface area contributed by atoms with Crippen LogP contribution in [0.1, 0.15) is 32.1 Å². The van der Waals surface area contributed by atoms with Gasteiger partial charge in [0, 0.05) is 19.0 Å². The highest BCUT2D eigenvalue weighted by atomic mass is 35.5. The first-order chi connectivity index (χ1) is 10.2. The smallest absolute Gasteiger partial charge is 0.225 e. The van der Waals surface area contributed by atoms with Crippen LogP contribution in [-0.4, -0.2) is 41.7 Å². The molecule has 1 heterocycles. The maximum Gasteiger partial charge on any atom is 0.225 e. The highest BCUT2D eigenvalue weighted by molar-refractivity contribution is 6.33. The third-order valence-electron chi connectivity index (χ3n) is 3.98. The normalized spacial score (nSPS) is 20.0. The Morgan fingerprint density at radius 3 is 2.90 bits per heavy atom. The van der Waals surface area contributed by atoms with Gasteiger partial charge in [0.1, 0.15) is 0 Å². The zero-order chi connectivity index (χ0) is 15.1. The van der Waals surface area contributed by atoms with Gasteiger partial charge >= 0.3 is 0 Å². The molecule has 1 unspecified atom stereocenters. The molecule has 1 atom stereocenters. The molecule has 0 aliphatic carbocycles. The molecule has 0 spiro atoms. The summed E-state index contributed by atoms with van der Waals surface area (Å²) in [6.07, 6.45) is 4.94. The second-order valence-electron chi connectivity index (χ2n) is 5.50. The number of nitrogens with zero attached hydrogens (tertiary/aromatic N) is 1. The van der Waals surface area contributed by atoms with Gasteiger partial charge in [0.15, 0.2) is 0 Å². The Hall–Kier alpha value is -1.10. The van der Waals surface area contributed by atoms with Gasteiger partial charge in [-0.1, -0.05) is 36.6 Å². The second-order valence-corrected chi connectivity index (χ2v) is 5.91. The van der Waals surface area contributed by atoms with Crippen LogP contribution in [0.25, 0.3) is 0 Å². The molecule has 2 rings (SSSR count). The van der Waals surface area contributed by atoms with E-state index in [0.717, 1.165) is 25.8 Å². The van der Waals surface area contributed by atoms with Crippen molar-refractivity contribution in [3.05, 3.63) is 29.3 Å². The number of nitrogens with one attached hydrogen (secondary N) is 1. The molecular formula is C16H23ClN2O2. The number of benzene rings is 1. The third kappa shape index (κ3) is 4.99. The van der Waals surface area contributed by atoms with Crippen molar-refractivity contribution in [3.8, 4) is 0 Å². The van der Waals surface area contributed by atoms with Gasteiger partial charge in [-0.05, 0) is 31.5 Å². The molecule has 1 aliphatic rings. The summed E-state index contributed by atoms with van der Waals surface area (Å²) in [6, 6.07) is 7.43. The van der Waals surface area contributed by atoms with E-state index < -0.39 is 0 Å². The molecule has 0 bridgehead atoms. The second kappa shape index (κ2) is 8.37. The fourth-order valence-electron chi connectivity index (χ4n) is 2.76. The predicted octanol–water partition coefficient (Wildman–Crippen LogP) is 2.91. The Bertz CT molecular complexity index is 467. The van der Waals surface area contributed by atoms with Crippen molar-refractivity contribution in [2.24, 2.45) is 0 Å². The van der Waals surface area contributed by atoms with Gasteiger partial charge in [-0.25, -0.2) is 0 Å². The summed E-state index contributed by atoms with van der Waals surface area (Å²) in [5.74, 6) is -0.0379. The van der Waals surface area contributed by atoms with Crippen molar-refractivity contribution in [2.45, 2.75) is 38.1 Å². The van der Waals surface area contributed by atoms with Crippen LogP contribution < -0.4 is 5.32 Å². The third-order valence-corrected chi connectivity index (χ3v) is 4.31. The van der Waals surface area contributed by atoms with Crippen molar-refractivity contribution in [1.29, 1.82) is 0 Å². The van der Waals surface area contributed by atoms with Crippen molar-refractivity contribution < 1.29 is 9.90 Å². The van der Waals surface area contributed by atoms with Gasteiger partial charge < -0.3 is 10.4 Å². The minimum atomic E-state index is -0.0379. The zero-order valence-electron chi connectivity index (χ0n) is 12.2. The Morgan fingerprint density at radius 2 is 2.14 bits per heavy atom. The zero-order valence-corrected chi connectivity index (χ0v) is 13.0. The van der Waals surface area contributed by atoms with Crippen molar-refractivity contribution in [2.75, 3.05) is 25.0 Å². The number of likely N-dealkylation sites (tertiary alicyclic amines) is 1. The topological polar surface area (TPSA) is 52.6 Å². The number of para-hydroxylation sites is 1. The van der Waals surface area contributed by atoms with E-state index in [0.29, 0.717) is 23.7 Å². The van der Waals surface area contributed by atoms with Gasteiger partial charge in [-0.2, -0.15) is 0 Å². The van der Waals surface area contributed by atoms with Crippen LogP contribution in [0.5, 0.6) is 0 Å². The molecule has 1 fully saturated rings. The van der Waals surface area contributed by atoms with Gasteiger partial charge in [-0.15, -0.1) is 0 Å². The van der Waals surface area contributed by atoms with E-state index in [1.807, 2.05) is 12.1 Å². The van der Waals surface area contributed by atoms with E-state index in [4.69, 9.17) is 11.6 Å². The SMILES string of the molecule is O=C(CCN1CCCCCC1CO)Nc1ccccc1Cl. The number of carbonyl (C=O) groups is 1. The van der Waals surface area contributed by atoms with Crippen LogP contribution in [0, 0.1) is 0 Å². The molecule has 116 valence electrons. The van der Waals surface area contributed by atoms with E-state index >= 15 is 0 Å². The minimum absolute atomic E-state index is 0.0379. The summed E-state index contributed by atoms with van der Waals surface area (Å²) < 4.78 is 0. The van der Waals surface area contributed by atoms with Crippen LogP contribution in [0.15, 0.2) is 24.3 Å². The van der Waals surface area contributed by atoms with Crippen molar-refractivity contribution in [3.63, 3.8) is 0 Å². The van der Waals surface area contributed by atoms with E-state index in [-0.39, 0.29) is 18.6 Å². The molecule has 1 aromatic carbocycles. The molecule has 1 aromatic rings. The first kappa shape index (κ1) is 16.3. The van der Waals surface area contributed by atoms with Gasteiger partial charge in [0.2, 0.25) is 5.91 Å². The van der Waals surface area contributed by atoms with Gasteiger partial charge in [-0.3, -0.25) is 9.69 Å². The number of aliphatic hydroxyl groups is 1. The number of amides is 1. The molecule has 5 heteroatoms. The molecule has 21 heavy (non-hydrogen) atoms. The summed E-state index contributed by atoms with van der Waals surface area (Å²) in [4.78, 5) is 14.3. The largest absolute Gasteiger partial charge is 0.395 e. The number of aliphatic hydroxyl groups excluding tert-OH is 1. The van der Waals surface area contributed by atoms with Crippen LogP contribution >= 0.6 is 11.6 Å². The molecule has 2 N–H and O–H groups in total. The number of anilines is 1. The lowest BCUT2D eigenvalue weighted by Gasteiger charge is -2.28. The van der Waals surface area contributed by atoms with Crippen LogP contribution in [-0.2, 0) is 4.79 Å². The average molecular weight is 311 g/mol. The highest BCUT2D eigenvalue weighted by Crippen LogP contribution is 2.21. The number of halogens is 1. The predicted molar refractivity (Wildman–Crippen MR) is 85.6 cm³/mol. The maximum absolute atomic E-state index is 12.0. The Labute approximate surface area is 131 Å². The van der Waals surface area contributed by atoms with Crippen LogP contribution in [0.3, 0.4) is 0 Å². The Balaban J connectivity index is 1.84. The molecule has 0 saturated carbocycles. The summed E-state index contributed by atoms with van der Waals surface area (Å²) in [6.45, 7) is 1.82. The minimum Gasteiger partial charge on any atom is -0.395 e. The fraction of sp³-hybridized carbons (Fsp3) is 0.562. The number of hydrogen-bond acceptors (Lipinski definition) is 3. The summed E-state index contributed by atoms with van der Waals surface area (Å²) in [7, 11) is 0. The van der Waals surface area contributed by atoms with Gasteiger partial charge in [0.25, 0.3) is 0 Å². The quantitative estimate of drug-likeness (QED) is 0.879. The Kier molecular flexibility index (Phi) is 6.49. The molecular weight excluding hydrogens is 288 g/mol. The van der Waals surface area contributed by atoms with Crippen molar-refractivity contribution in [1.82, 2.24) is 4.90 Å². The summed E-state index contributed by atoms with van der Waals surface area (Å²) in [5, 5.41) is 12.9. The van der Waals surface area contributed by atoms with Gasteiger partial charge in [0.05, 0.1) is 17.3 Å². The van der Waals surface area contributed by atoms with Crippen LogP contribution in [0.4, 0.5) is 5.69 Å². The number of carbonyl (C=O) groups excluding carboxylic acids is 1. The van der Waals surface area contributed by atoms with Crippen molar-refractivity contribution >= 4 is 23.2 Å². The summed E-state index contributed by atoms with van der Waals surface area (Å²) >= 11 is 6.03. The number of rotatable bonds is 5. The van der Waals surface area contributed by atoms with E-state index in [9.17, 15) is 9.90 Å². The first-order valence-corrected chi connectivity index (χ1v) is 7.98.